The lowest BCUT2D eigenvalue weighted by Gasteiger charge is -2.58. The average Bonchev–Trinajstić information content (AvgIpc) is 2.92. The van der Waals surface area contributed by atoms with Crippen molar-refractivity contribution in [1.82, 2.24) is 0 Å². The molecule has 2 unspecified atom stereocenters. The van der Waals surface area contributed by atoms with Gasteiger partial charge in [0, 0.05) is 13.0 Å². The summed E-state index contributed by atoms with van der Waals surface area (Å²) in [7, 11) is 1.85. The van der Waals surface area contributed by atoms with Crippen LogP contribution in [0, 0.1) is 22.7 Å². The lowest BCUT2D eigenvalue weighted by Crippen LogP contribution is -2.58. The molecule has 0 amide bonds. The van der Waals surface area contributed by atoms with Crippen LogP contribution in [0.25, 0.3) is 6.08 Å². The molecule has 1 N–H and O–H groups in total. The summed E-state index contributed by atoms with van der Waals surface area (Å²) in [4.78, 5) is 0. The third-order valence-corrected chi connectivity index (χ3v) is 12.9. The van der Waals surface area contributed by atoms with E-state index in [-0.39, 0.29) is 45.7 Å². The highest BCUT2D eigenvalue weighted by molar-refractivity contribution is 5.65. The van der Waals surface area contributed by atoms with Crippen molar-refractivity contribution >= 4 is 6.08 Å². The average molecular weight is 599 g/mol. The van der Waals surface area contributed by atoms with Crippen molar-refractivity contribution in [3.05, 3.63) is 63.7 Å². The van der Waals surface area contributed by atoms with Gasteiger partial charge in [0.05, 0.1) is 0 Å². The molecule has 2 fully saturated rings. The first-order valence-electron chi connectivity index (χ1n) is 17.5. The van der Waals surface area contributed by atoms with E-state index >= 15 is 0 Å². The van der Waals surface area contributed by atoms with Gasteiger partial charge >= 0.3 is 0 Å². The molecule has 4 aliphatic rings. The Morgan fingerprint density at radius 2 is 1.39 bits per heavy atom. The Kier molecular flexibility index (Phi) is 7.67. The first-order valence-corrected chi connectivity index (χ1v) is 17.5. The predicted molar refractivity (Wildman–Crippen MR) is 183 cm³/mol. The normalized spacial score (nSPS) is 33.4. The van der Waals surface area contributed by atoms with Gasteiger partial charge in [-0.05, 0) is 123 Å². The minimum atomic E-state index is -0.216. The molecule has 2 aromatic carbocycles. The third kappa shape index (κ3) is 4.69. The number of ether oxygens (including phenoxy) is 2. The molecule has 240 valence electrons. The van der Waals surface area contributed by atoms with Crippen LogP contribution in [0.2, 0.25) is 0 Å². The highest BCUT2D eigenvalue weighted by atomic mass is 16.5. The summed E-state index contributed by atoms with van der Waals surface area (Å²) in [5, 5.41) is 11.2. The van der Waals surface area contributed by atoms with E-state index in [1.807, 2.05) is 7.11 Å². The smallest absolute Gasteiger partial charge is 0.133 e. The first kappa shape index (κ1) is 31.7. The molecule has 6 atom stereocenters. The van der Waals surface area contributed by atoms with Gasteiger partial charge in [0.1, 0.15) is 23.7 Å². The monoisotopic (exact) mass is 598 g/mol. The first-order chi connectivity index (χ1) is 20.5. The SMILES string of the molecule is COC1c2cc(C(C)C)c(O)cc2[C@@]2(C)CCCC(C)(C)[C@@H]2C1Oc1cc2c(cc1C(C)C)C=C[C@H]1C(C)(C)CCC[C@]21C. The van der Waals surface area contributed by atoms with Crippen molar-refractivity contribution < 1.29 is 14.6 Å². The van der Waals surface area contributed by atoms with Gasteiger partial charge in [0.2, 0.25) is 0 Å². The van der Waals surface area contributed by atoms with Crippen LogP contribution in [0.15, 0.2) is 30.3 Å². The second-order valence-corrected chi connectivity index (χ2v) is 17.4. The maximum atomic E-state index is 11.2. The van der Waals surface area contributed by atoms with E-state index in [0.717, 1.165) is 24.2 Å². The summed E-state index contributed by atoms with van der Waals surface area (Å²) in [6, 6.07) is 9.21. The fourth-order valence-corrected chi connectivity index (χ4v) is 10.8. The van der Waals surface area contributed by atoms with Gasteiger partial charge in [-0.3, -0.25) is 0 Å². The molecule has 0 bridgehead atoms. The molecule has 0 spiro atoms. The molecule has 0 radical (unpaired) electrons. The predicted octanol–water partition coefficient (Wildman–Crippen LogP) is 11.0. The van der Waals surface area contributed by atoms with Gasteiger partial charge < -0.3 is 14.6 Å². The molecule has 3 heteroatoms. The van der Waals surface area contributed by atoms with Gasteiger partial charge in [-0.25, -0.2) is 0 Å². The van der Waals surface area contributed by atoms with Crippen LogP contribution in [0.1, 0.15) is 159 Å². The summed E-state index contributed by atoms with van der Waals surface area (Å²) in [5.41, 5.74) is 7.87. The molecule has 6 rings (SSSR count). The van der Waals surface area contributed by atoms with Crippen LogP contribution in [-0.4, -0.2) is 18.3 Å². The molecule has 2 saturated carbocycles. The van der Waals surface area contributed by atoms with E-state index in [1.54, 1.807) is 0 Å². The Morgan fingerprint density at radius 1 is 0.750 bits per heavy atom. The topological polar surface area (TPSA) is 38.7 Å². The number of benzene rings is 2. The lowest BCUT2D eigenvalue weighted by molar-refractivity contribution is -0.113. The number of rotatable bonds is 5. The Hall–Kier alpha value is -2.26. The Balaban J connectivity index is 1.54. The van der Waals surface area contributed by atoms with Crippen LogP contribution in [0.3, 0.4) is 0 Å². The van der Waals surface area contributed by atoms with E-state index in [2.05, 4.69) is 106 Å². The van der Waals surface area contributed by atoms with E-state index in [0.29, 0.717) is 17.6 Å². The minimum Gasteiger partial charge on any atom is -0.508 e. The second-order valence-electron chi connectivity index (χ2n) is 17.4. The highest BCUT2D eigenvalue weighted by Crippen LogP contribution is 2.62. The van der Waals surface area contributed by atoms with Gasteiger partial charge in [-0.1, -0.05) is 94.2 Å². The lowest BCUT2D eigenvalue weighted by atomic mass is 9.48. The zero-order chi connectivity index (χ0) is 32.0. The van der Waals surface area contributed by atoms with Gasteiger partial charge in [-0.15, -0.1) is 0 Å². The molecule has 0 heterocycles. The van der Waals surface area contributed by atoms with Gasteiger partial charge in [-0.2, -0.15) is 0 Å². The Labute approximate surface area is 267 Å². The van der Waals surface area contributed by atoms with Crippen molar-refractivity contribution in [1.29, 1.82) is 0 Å². The van der Waals surface area contributed by atoms with Crippen molar-refractivity contribution in [2.45, 2.75) is 143 Å². The summed E-state index contributed by atoms with van der Waals surface area (Å²) < 4.78 is 14.0. The number of hydrogen-bond acceptors (Lipinski definition) is 3. The number of fused-ring (bicyclic) bond motifs is 6. The van der Waals surface area contributed by atoms with Crippen molar-refractivity contribution in [3.63, 3.8) is 0 Å². The number of methoxy groups -OCH3 is 1. The van der Waals surface area contributed by atoms with E-state index < -0.39 is 0 Å². The van der Waals surface area contributed by atoms with Crippen LogP contribution in [-0.2, 0) is 15.6 Å². The van der Waals surface area contributed by atoms with Crippen molar-refractivity contribution in [2.24, 2.45) is 22.7 Å². The van der Waals surface area contributed by atoms with Crippen molar-refractivity contribution in [2.75, 3.05) is 7.11 Å². The maximum absolute atomic E-state index is 11.2. The summed E-state index contributed by atoms with van der Waals surface area (Å²) >= 11 is 0. The van der Waals surface area contributed by atoms with Crippen LogP contribution < -0.4 is 4.74 Å². The zero-order valence-corrected chi connectivity index (χ0v) is 29.4. The molecule has 2 aromatic rings. The number of allylic oxidation sites excluding steroid dienone is 1. The number of phenols is 1. The highest BCUT2D eigenvalue weighted by Gasteiger charge is 2.59. The molecule has 0 aromatic heterocycles. The quantitative estimate of drug-likeness (QED) is 0.372. The van der Waals surface area contributed by atoms with Crippen LogP contribution >= 0.6 is 0 Å². The van der Waals surface area contributed by atoms with E-state index in [9.17, 15) is 5.11 Å². The summed E-state index contributed by atoms with van der Waals surface area (Å²) in [5.74, 6) is 2.77. The largest absolute Gasteiger partial charge is 0.508 e. The van der Waals surface area contributed by atoms with Crippen LogP contribution in [0.4, 0.5) is 0 Å². The molecular weight excluding hydrogens is 540 g/mol. The zero-order valence-electron chi connectivity index (χ0n) is 29.4. The molecular formula is C41H58O3. The molecule has 44 heavy (non-hydrogen) atoms. The van der Waals surface area contributed by atoms with E-state index in [4.69, 9.17) is 9.47 Å². The fraction of sp³-hybridized carbons (Fsp3) is 0.659. The molecule has 4 aliphatic carbocycles. The number of phenolic OH excluding ortho intramolecular Hbond substituents is 1. The van der Waals surface area contributed by atoms with Crippen molar-refractivity contribution in [3.8, 4) is 11.5 Å². The number of aromatic hydroxyl groups is 1. The molecule has 0 saturated heterocycles. The van der Waals surface area contributed by atoms with Crippen LogP contribution in [0.5, 0.6) is 11.5 Å². The maximum Gasteiger partial charge on any atom is 0.133 e. The second kappa shape index (κ2) is 10.6. The van der Waals surface area contributed by atoms with Gasteiger partial charge in [0.25, 0.3) is 0 Å². The molecule has 0 aliphatic heterocycles. The minimum absolute atomic E-state index is 0.0535. The Bertz CT molecular complexity index is 1460. The van der Waals surface area contributed by atoms with E-state index in [1.165, 1.54) is 53.5 Å². The summed E-state index contributed by atoms with van der Waals surface area (Å²) in [6.07, 6.45) is 11.7. The standard InChI is InChI=1S/C41H58O3/c1-24(2)27-21-29-31(22-32(27)42)41(10)19-13-17-39(7,8)37(41)36(35(29)43-11)44-33-23-30-26(20-28(33)25(3)4)14-15-34-38(5,6)16-12-18-40(30,34)9/h14-15,20-25,34-37,42H,12-13,16-19H2,1-11H3/t34-,35?,36?,37-,40+,41+/m0/s1. The Morgan fingerprint density at radius 3 is 2.02 bits per heavy atom. The fourth-order valence-electron chi connectivity index (χ4n) is 10.8. The third-order valence-electron chi connectivity index (χ3n) is 12.9. The van der Waals surface area contributed by atoms with Gasteiger partial charge in [0.15, 0.2) is 0 Å². The summed E-state index contributed by atoms with van der Waals surface area (Å²) in [6.45, 7) is 23.6. The molecule has 3 nitrogen and oxygen atoms in total. The number of hydrogen-bond donors (Lipinski definition) is 1.